The zero-order valence-corrected chi connectivity index (χ0v) is 37.8. The molecule has 0 atom stereocenters. The Balaban J connectivity index is 0.000000320. The van der Waals surface area contributed by atoms with Crippen LogP contribution in [0.1, 0.15) is 11.1 Å². The summed E-state index contributed by atoms with van der Waals surface area (Å²) in [6.07, 6.45) is 3.35. The number of hydrogen-bond donors (Lipinski definition) is 10. The highest BCUT2D eigenvalue weighted by molar-refractivity contribution is 5.99. The van der Waals surface area contributed by atoms with Crippen molar-refractivity contribution >= 4 is 70.5 Å². The molecule has 0 amide bonds. The number of guanidine groups is 2. The minimum Gasteiger partial charge on any atom is -0.478 e. The molecule has 4 heterocycles. The van der Waals surface area contributed by atoms with Gasteiger partial charge in [-0.05, 0) is 49.2 Å². The first-order valence-electron chi connectivity index (χ1n) is 21.1. The second kappa shape index (κ2) is 31.4. The molecule has 6 rings (SSSR count). The van der Waals surface area contributed by atoms with Crippen molar-refractivity contribution in [2.24, 2.45) is 9.98 Å². The van der Waals surface area contributed by atoms with Crippen molar-refractivity contribution in [3.05, 3.63) is 84.0 Å². The van der Waals surface area contributed by atoms with Crippen molar-refractivity contribution in [3.63, 3.8) is 0 Å². The van der Waals surface area contributed by atoms with Crippen LogP contribution < -0.4 is 20.4 Å². The first-order valence-corrected chi connectivity index (χ1v) is 21.1. The molecule has 2 aromatic rings. The Bertz CT molecular complexity index is 1910. The van der Waals surface area contributed by atoms with Crippen molar-refractivity contribution in [2.45, 2.75) is 13.8 Å². The Morgan fingerprint density at radius 3 is 1.07 bits per heavy atom. The lowest BCUT2D eigenvalue weighted by molar-refractivity contribution is -0.134. The lowest BCUT2D eigenvalue weighted by Gasteiger charge is -2.31. The average molecular weight is 957 g/mol. The Labute approximate surface area is 392 Å². The molecule has 0 spiro atoms. The third-order valence-corrected chi connectivity index (χ3v) is 9.21. The van der Waals surface area contributed by atoms with Gasteiger partial charge in [-0.2, -0.15) is 0 Å². The highest BCUT2D eigenvalue weighted by Crippen LogP contribution is 2.30. The lowest BCUT2D eigenvalue weighted by Crippen LogP contribution is -2.38. The monoisotopic (exact) mass is 956 g/mol. The quantitative estimate of drug-likeness (QED) is 0.118. The number of aliphatic hydroxyl groups is 2. The predicted octanol–water partition coefficient (Wildman–Crippen LogP) is 0.950. The number of aliphatic carboxylic acids is 6. The summed E-state index contributed by atoms with van der Waals surface area (Å²) in [5.41, 5.74) is 6.95. The molecule has 24 nitrogen and oxygen atoms in total. The zero-order valence-electron chi connectivity index (χ0n) is 37.8. The molecule has 0 saturated carbocycles. The van der Waals surface area contributed by atoms with E-state index in [4.69, 9.17) is 50.3 Å². The van der Waals surface area contributed by atoms with Gasteiger partial charge in [0.1, 0.15) is 0 Å². The van der Waals surface area contributed by atoms with Gasteiger partial charge < -0.3 is 80.6 Å². The zero-order chi connectivity index (χ0) is 50.4. The summed E-state index contributed by atoms with van der Waals surface area (Å²) in [6.45, 7) is 15.7. The number of hydrogen-bond acceptors (Lipinski definition) is 18. The number of anilines is 4. The van der Waals surface area contributed by atoms with E-state index in [2.05, 4.69) is 90.5 Å². The average Bonchev–Trinajstić information content (AvgIpc) is 3.94. The van der Waals surface area contributed by atoms with Crippen LogP contribution in [0.25, 0.3) is 0 Å². The minimum atomic E-state index is -1.26. The van der Waals surface area contributed by atoms with E-state index in [9.17, 15) is 28.8 Å². The van der Waals surface area contributed by atoms with E-state index >= 15 is 0 Å². The van der Waals surface area contributed by atoms with Crippen LogP contribution in [-0.4, -0.2) is 203 Å². The number of carboxylic acid groups (broad SMARTS) is 6. The van der Waals surface area contributed by atoms with Crippen LogP contribution in [0.2, 0.25) is 0 Å². The van der Waals surface area contributed by atoms with Crippen LogP contribution in [0.5, 0.6) is 0 Å². The summed E-state index contributed by atoms with van der Waals surface area (Å²) in [7, 11) is 0. The number of aryl methyl sites for hydroxylation is 2. The minimum absolute atomic E-state index is 0.144. The fourth-order valence-electron chi connectivity index (χ4n) is 6.21. The largest absolute Gasteiger partial charge is 0.478 e. The third-order valence-electron chi connectivity index (χ3n) is 9.21. The smallest absolute Gasteiger partial charge is 0.328 e. The van der Waals surface area contributed by atoms with Crippen molar-refractivity contribution in [1.29, 1.82) is 0 Å². The number of morpholine rings is 2. The Kier molecular flexibility index (Phi) is 26.1. The molecule has 2 saturated heterocycles. The number of benzene rings is 2. The molecule has 24 heteroatoms. The number of rotatable bonds is 14. The van der Waals surface area contributed by atoms with Gasteiger partial charge in [-0.25, -0.2) is 28.8 Å². The summed E-state index contributed by atoms with van der Waals surface area (Å²) >= 11 is 0. The van der Waals surface area contributed by atoms with Crippen LogP contribution in [0.15, 0.2) is 82.8 Å². The number of carboxylic acids is 6. The summed E-state index contributed by atoms with van der Waals surface area (Å²) in [6, 6.07) is 12.9. The first-order chi connectivity index (χ1) is 32.4. The molecule has 4 aliphatic heterocycles. The summed E-state index contributed by atoms with van der Waals surface area (Å²) in [5.74, 6) is -5.83. The van der Waals surface area contributed by atoms with E-state index in [1.165, 1.54) is 22.5 Å². The maximum Gasteiger partial charge on any atom is 0.328 e. The lowest BCUT2D eigenvalue weighted by atomic mass is 10.1. The number of carbonyl (C=O) groups is 6. The highest BCUT2D eigenvalue weighted by Gasteiger charge is 2.22. The molecule has 0 aromatic heterocycles. The fraction of sp³-hybridized carbons (Fsp3) is 0.409. The molecule has 0 unspecified atom stereocenters. The molecule has 372 valence electrons. The van der Waals surface area contributed by atoms with Crippen LogP contribution in [-0.2, 0) is 38.2 Å². The third kappa shape index (κ3) is 23.1. The van der Waals surface area contributed by atoms with E-state index in [1.54, 1.807) is 0 Å². The van der Waals surface area contributed by atoms with E-state index < -0.39 is 35.8 Å². The van der Waals surface area contributed by atoms with Crippen LogP contribution >= 0.6 is 0 Å². The van der Waals surface area contributed by atoms with Gasteiger partial charge in [-0.15, -0.1) is 0 Å². The highest BCUT2D eigenvalue weighted by atomic mass is 16.5. The molecule has 2 fully saturated rings. The van der Waals surface area contributed by atoms with E-state index in [1.807, 2.05) is 0 Å². The summed E-state index contributed by atoms with van der Waals surface area (Å²) in [5, 5.41) is 72.1. The van der Waals surface area contributed by atoms with Crippen molar-refractivity contribution in [1.82, 2.24) is 9.80 Å². The topological polar surface area (TPSA) is 344 Å². The molecule has 4 aliphatic rings. The molecular weight excluding hydrogens is 897 g/mol. The van der Waals surface area contributed by atoms with Gasteiger partial charge in [0.25, 0.3) is 0 Å². The van der Waals surface area contributed by atoms with Crippen LogP contribution in [0, 0.1) is 13.8 Å². The number of nitrogens with zero attached hydrogens (tertiary/aromatic N) is 6. The van der Waals surface area contributed by atoms with Gasteiger partial charge in [0.05, 0.1) is 75.5 Å². The molecule has 0 aliphatic carbocycles. The number of aliphatic imine (C=N–C) groups is 2. The van der Waals surface area contributed by atoms with Gasteiger partial charge in [0.2, 0.25) is 0 Å². The molecule has 0 bridgehead atoms. The normalized spacial score (nSPS) is 15.4. The van der Waals surface area contributed by atoms with Gasteiger partial charge in [-0.3, -0.25) is 9.98 Å². The number of β-amino-alcohol motifs (C(OH)–C–C–N with tert-alkyl or cyclic N) is 2. The number of nitrogens with one attached hydrogen (secondary N) is 2. The maximum atomic E-state index is 9.55. The van der Waals surface area contributed by atoms with E-state index in [0.717, 1.165) is 102 Å². The van der Waals surface area contributed by atoms with Gasteiger partial charge in [-0.1, -0.05) is 12.1 Å². The van der Waals surface area contributed by atoms with Crippen LogP contribution in [0.4, 0.5) is 22.7 Å². The SMILES string of the molecule is Cc1ccc(N2CCOCC2)c(NC2=NCCN2CCO)c1.Cc1ccc(N2CCOCC2)c(NC2=NCCN2CCO)c1.O=C(O)/C=C/C(=O)O.O=C(O)/C=C/C(=O)O.O=C(O)/C=C/C(=O)O. The maximum absolute atomic E-state index is 9.55. The van der Waals surface area contributed by atoms with Crippen molar-refractivity contribution in [3.8, 4) is 0 Å². The van der Waals surface area contributed by atoms with Crippen molar-refractivity contribution in [2.75, 3.05) is 126 Å². The Morgan fingerprint density at radius 1 is 0.515 bits per heavy atom. The van der Waals surface area contributed by atoms with Crippen LogP contribution in [0.3, 0.4) is 0 Å². The molecular formula is C44H60N8O16. The second-order valence-electron chi connectivity index (χ2n) is 14.4. The Morgan fingerprint density at radius 2 is 0.809 bits per heavy atom. The Hall–Kier alpha value is -7.54. The van der Waals surface area contributed by atoms with Gasteiger partial charge in [0, 0.05) is 88.8 Å². The summed E-state index contributed by atoms with van der Waals surface area (Å²) < 4.78 is 10.9. The second-order valence-corrected chi connectivity index (χ2v) is 14.4. The molecule has 68 heavy (non-hydrogen) atoms. The predicted molar refractivity (Wildman–Crippen MR) is 251 cm³/mol. The summed E-state index contributed by atoms with van der Waals surface area (Å²) in [4.78, 5) is 75.2. The van der Waals surface area contributed by atoms with Gasteiger partial charge in [0.15, 0.2) is 11.9 Å². The standard InChI is InChI=1S/2C16H24N4O2.3C4H4O4/c2*1-13-2-3-15(19-7-10-22-11-8-19)14(12-13)18-16-17-4-5-20(16)6-9-21;3*5-3(6)1-2-4(7)8/h2*2-3,12,21H,4-11H2,1H3,(H,17,18);3*1-2H,(H,5,6)(H,7,8)/b;;3*2-1+. The molecule has 0 radical (unpaired) electrons. The molecule has 2 aromatic carbocycles. The first kappa shape index (κ1) is 56.6. The fourth-order valence-corrected chi connectivity index (χ4v) is 6.21. The van der Waals surface area contributed by atoms with Gasteiger partial charge >= 0.3 is 35.8 Å². The number of ether oxygens (including phenoxy) is 2. The van der Waals surface area contributed by atoms with Crippen molar-refractivity contribution < 1.29 is 79.1 Å². The van der Waals surface area contributed by atoms with E-state index in [0.29, 0.717) is 49.5 Å². The van der Waals surface area contributed by atoms with E-state index in [-0.39, 0.29) is 13.2 Å². The molecule has 10 N–H and O–H groups in total. The number of aliphatic hydroxyl groups excluding tert-OH is 2.